The molecule has 7 fully saturated rings. The first-order valence-electron chi connectivity index (χ1n) is 49.5. The monoisotopic (exact) mass is 2110 g/mol. The average Bonchev–Trinajstić information content (AvgIpc) is 1.61. The van der Waals surface area contributed by atoms with Crippen LogP contribution in [0.5, 0.6) is 0 Å². The van der Waals surface area contributed by atoms with E-state index in [-0.39, 0.29) is 252 Å². The lowest BCUT2D eigenvalue weighted by molar-refractivity contribution is -0.315. The van der Waals surface area contributed by atoms with Crippen molar-refractivity contribution in [1.82, 2.24) is 81.9 Å². The second-order valence-electron chi connectivity index (χ2n) is 36.1. The maximum atomic E-state index is 14.4. The largest absolute Gasteiger partial charge is 0.388 e. The van der Waals surface area contributed by atoms with Crippen LogP contribution in [-0.2, 0) is 182 Å². The van der Waals surface area contributed by atoms with Gasteiger partial charge in [0, 0.05) is 52.8 Å². The van der Waals surface area contributed by atoms with E-state index in [1.165, 1.54) is 20.8 Å². The number of carbonyl (C=O) groups excluding carboxylic acids is 6. The lowest BCUT2D eigenvalue weighted by Crippen LogP contribution is -2.66. The van der Waals surface area contributed by atoms with Gasteiger partial charge in [0.1, 0.15) is 94.2 Å². The number of fused-ring (bicyclic) bond motifs is 6. The number of aromatic nitrogens is 10. The molecule has 11 rings (SSSR count). The molecule has 15 atom stereocenters. The molecule has 7 aliphatic heterocycles. The Morgan fingerprint density at radius 1 is 0.421 bits per heavy atom. The molecule has 4 aromatic heterocycles. The Morgan fingerprint density at radius 2 is 0.779 bits per heavy atom. The normalized spacial score (nSPS) is 25.4. The molecule has 4 aromatic rings. The summed E-state index contributed by atoms with van der Waals surface area (Å²) in [6.45, 7) is 10.1. The predicted molar refractivity (Wildman–Crippen MR) is 505 cm³/mol. The predicted octanol–water partition coefficient (Wildman–Crippen LogP) is -3.28. The van der Waals surface area contributed by atoms with Gasteiger partial charge in [-0.25, -0.2) is 19.0 Å². The van der Waals surface area contributed by atoms with Gasteiger partial charge in [0.25, 0.3) is 6.48 Å². The highest BCUT2D eigenvalue weighted by atomic mass is 33.1. The molecular weight excluding hydrogens is 1960 g/mol. The summed E-state index contributed by atoms with van der Waals surface area (Å²) in [6, 6.07) is 2.80. The number of thiol groups is 1. The lowest BCUT2D eigenvalue weighted by Gasteiger charge is -2.42. The van der Waals surface area contributed by atoms with Crippen molar-refractivity contribution in [3.63, 3.8) is 0 Å². The van der Waals surface area contributed by atoms with Crippen molar-refractivity contribution in [3.8, 4) is 0 Å². The van der Waals surface area contributed by atoms with Crippen LogP contribution >= 0.6 is 21.6 Å². The first kappa shape index (κ1) is 118. The Bertz CT molecular complexity index is 4030. The van der Waals surface area contributed by atoms with E-state index in [1.54, 1.807) is 38.8 Å². The second-order valence-corrected chi connectivity index (χ2v) is 39.0. The first-order chi connectivity index (χ1) is 70.4. The van der Waals surface area contributed by atoms with Crippen LogP contribution in [-0.4, -0.2) is 455 Å². The number of nitrogens with zero attached hydrogens (tertiary/aromatic N) is 10. The van der Waals surface area contributed by atoms with Crippen LogP contribution in [0.4, 0.5) is 0 Å². The first-order valence-corrected chi connectivity index (χ1v) is 52.0. The fourth-order valence-corrected chi connectivity index (χ4v) is 18.3. The van der Waals surface area contributed by atoms with Crippen LogP contribution < -0.4 is 31.9 Å². The molecular formula is C91H149N16O36S2. The highest BCUT2D eigenvalue weighted by Crippen LogP contribution is 2.42. The third-order valence-electron chi connectivity index (χ3n) is 24.1. The summed E-state index contributed by atoms with van der Waals surface area (Å²) in [4.78, 5) is 79.2. The fraction of sp³-hybridized carbons (Fsp3) is 0.813. The average molecular weight is 2110 g/mol. The number of hydrogen-bond donors (Lipinski definition) is 13. The fourth-order valence-electron chi connectivity index (χ4n) is 16.5. The van der Waals surface area contributed by atoms with E-state index in [0.29, 0.717) is 115 Å². The summed E-state index contributed by atoms with van der Waals surface area (Å²) in [6.07, 6.45) is 3.45. The van der Waals surface area contributed by atoms with Gasteiger partial charge in [-0.3, -0.25) is 28.8 Å². The van der Waals surface area contributed by atoms with Gasteiger partial charge in [0.15, 0.2) is 18.9 Å². The molecule has 821 valence electrons. The van der Waals surface area contributed by atoms with Crippen LogP contribution in [0.3, 0.4) is 0 Å². The highest BCUT2D eigenvalue weighted by molar-refractivity contribution is 8.78. The molecule has 52 nitrogen and oxygen atoms in total. The zero-order valence-corrected chi connectivity index (χ0v) is 84.6. The van der Waals surface area contributed by atoms with Crippen LogP contribution in [0.2, 0.25) is 0 Å². The number of amides is 6. The molecule has 6 bridgehead atoms. The number of pyridine rings is 1. The third kappa shape index (κ3) is 40.5. The van der Waals surface area contributed by atoms with Crippen molar-refractivity contribution in [1.29, 1.82) is 0 Å². The number of aliphatic hydroxyl groups is 6. The quantitative estimate of drug-likeness (QED) is 0.0117. The van der Waals surface area contributed by atoms with Crippen molar-refractivity contribution in [2.24, 2.45) is 0 Å². The lowest BCUT2D eigenvalue weighted by atomic mass is 9.88. The smallest absolute Gasteiger partial charge is 0.271 e. The van der Waals surface area contributed by atoms with Crippen molar-refractivity contribution in [3.05, 3.63) is 60.1 Å². The SMILES string of the molecule is CC(=O)N[C@H]1[C@H]2OC[C@@](COCCOCCOCCOCCn3cc(COCC(COCc4cn(CCOCCOCCOCCOC[C@]56CO[C@@H](O5)[C@H](NC(C)=O)[C@@H](O)[C@H]6O)nn4)(COCc4cn(CCOCCOCCOCCOC[C@]56CO[C@@H](O5)[C@H](NC(C)=O)[C@@H](O)[C@H]6O)nn4)NC(=O)CCCCCNC(=O)CCCCCOC4OCC(NC(=O)CCCCC[S](S)c5ccccn5)CO4)nn3)(O2)[C@H](O)[C@@H]1O. The minimum Gasteiger partial charge on any atom is -0.388 e. The van der Waals surface area contributed by atoms with E-state index >= 15 is 0 Å². The standard InChI is InChI=1S/C91H149N16O36S2/c1-64(108)94-75-78(114)81(117)89(61-138-84(75)141-89)58-129-43-40-126-37-34-123-31-28-120-25-21-105-47-67(99-102-105)50-132-55-88(56-133-51-68-48-106(103-100-68)22-26-121-29-32-124-35-38-127-41-44-130-59-90-62-139-85(142-90)76(95-65(2)109)79(115)82(90)118,57-134-52-69-49-107(104-101-69)23-27-122-30-33-125-36-39-128-42-45-131-60-91-63-140-86(143-91)77(96-66(3)110)80(116)83(91)119)98-73(113)17-7-4-11-19-92-71(111)15-8-5-13-24-135-87-136-53-70(54-137-87)97-72(112)16-9-6-14-46-145(144)74-18-10-12-20-93-74/h10,12,18,20,47-49,70,75-87,114-119,144H,4-9,11,13-17,19,21-46,50-63H2,1-3H3,(H,92,111)(H,94,108)(H,95,109)(H,96,110)(H,97,112)(H,98,113)/t70?,75-,76-,77-,78-,79-,80-,81-,82-,83-,84+,85+,86+,87?,89-,90-,91-/m1/s1. The van der Waals surface area contributed by atoms with Crippen molar-refractivity contribution >= 4 is 57.0 Å². The van der Waals surface area contributed by atoms with E-state index in [0.717, 1.165) is 36.5 Å². The van der Waals surface area contributed by atoms with Crippen molar-refractivity contribution < 1.29 is 173 Å². The van der Waals surface area contributed by atoms with Gasteiger partial charge in [-0.15, -0.1) is 36.9 Å². The summed E-state index contributed by atoms with van der Waals surface area (Å²) in [5.41, 5.74) is -3.75. The molecule has 0 aliphatic carbocycles. The number of hydrogen-bond acceptors (Lipinski definition) is 44. The highest BCUT2D eigenvalue weighted by Gasteiger charge is 2.62. The van der Waals surface area contributed by atoms with Crippen molar-refractivity contribution in [2.75, 3.05) is 230 Å². The molecule has 12 N–H and O–H groups in total. The molecule has 0 aromatic carbocycles. The third-order valence-corrected chi connectivity index (χ3v) is 26.6. The van der Waals surface area contributed by atoms with E-state index < -0.39 is 120 Å². The van der Waals surface area contributed by atoms with E-state index in [2.05, 4.69) is 67.8 Å². The number of ether oxygens (including phenoxy) is 24. The van der Waals surface area contributed by atoms with Crippen LogP contribution in [0.1, 0.15) is 115 Å². The Morgan fingerprint density at radius 3 is 1.16 bits per heavy atom. The van der Waals surface area contributed by atoms with Gasteiger partial charge < -0.3 is 176 Å². The molecule has 0 unspecified atom stereocenters. The molecule has 6 amide bonds. The Kier molecular flexibility index (Phi) is 52.6. The molecule has 0 saturated carbocycles. The van der Waals surface area contributed by atoms with Gasteiger partial charge in [-0.05, 0) is 56.4 Å². The van der Waals surface area contributed by atoms with Crippen LogP contribution in [0.25, 0.3) is 0 Å². The molecule has 1 radical (unpaired) electrons. The second kappa shape index (κ2) is 64.6. The van der Waals surface area contributed by atoms with Gasteiger partial charge in [-0.2, -0.15) is 0 Å². The summed E-state index contributed by atoms with van der Waals surface area (Å²) in [5, 5.41) is 108. The number of unbranched alkanes of at least 4 members (excludes halogenated alkanes) is 6. The number of nitrogens with one attached hydrogen (secondary N) is 6. The van der Waals surface area contributed by atoms with E-state index in [1.807, 2.05) is 18.2 Å². The minimum absolute atomic E-state index is 0.0230. The van der Waals surface area contributed by atoms with Crippen LogP contribution in [0, 0.1) is 0 Å². The van der Waals surface area contributed by atoms with Gasteiger partial charge >= 0.3 is 0 Å². The topological polar surface area (TPSA) is 623 Å². The molecule has 7 saturated heterocycles. The van der Waals surface area contributed by atoms with Gasteiger partial charge in [-0.1, -0.05) is 41.0 Å². The number of rotatable bonds is 79. The number of aliphatic hydroxyl groups excluding tert-OH is 6. The molecule has 11 heterocycles. The van der Waals surface area contributed by atoms with Crippen molar-refractivity contribution in [2.45, 2.75) is 251 Å². The maximum Gasteiger partial charge on any atom is 0.271 e. The molecule has 54 heteroatoms. The Labute approximate surface area is 849 Å². The van der Waals surface area contributed by atoms with E-state index in [4.69, 9.17) is 125 Å². The van der Waals surface area contributed by atoms with Crippen LogP contribution in [0.15, 0.2) is 48.0 Å². The summed E-state index contributed by atoms with van der Waals surface area (Å²) in [7, 11) is -0.225. The molecule has 145 heavy (non-hydrogen) atoms. The minimum atomic E-state index is -1.36. The van der Waals surface area contributed by atoms with Gasteiger partial charge in [0.05, 0.1) is 287 Å². The van der Waals surface area contributed by atoms with E-state index in [9.17, 15) is 59.4 Å². The Hall–Kier alpha value is -7.11. The van der Waals surface area contributed by atoms with Gasteiger partial charge in [0.2, 0.25) is 35.4 Å². The zero-order chi connectivity index (χ0) is 103. The summed E-state index contributed by atoms with van der Waals surface area (Å²) >= 11 is 4.70. The molecule has 0 spiro atoms. The maximum absolute atomic E-state index is 14.4. The number of carbonyl (C=O) groups is 6. The Balaban J connectivity index is 0.603. The molecule has 7 aliphatic rings. The zero-order valence-electron chi connectivity index (χ0n) is 82.9. The summed E-state index contributed by atoms with van der Waals surface area (Å²) in [5.74, 6) is -0.728. The summed E-state index contributed by atoms with van der Waals surface area (Å²) < 4.78 is 144.